The van der Waals surface area contributed by atoms with Gasteiger partial charge in [0.1, 0.15) is 5.75 Å². The van der Waals surface area contributed by atoms with Crippen molar-refractivity contribution < 1.29 is 9.53 Å². The highest BCUT2D eigenvalue weighted by Gasteiger charge is 2.16. The maximum absolute atomic E-state index is 12.1. The topological polar surface area (TPSA) is 38.3 Å². The molecule has 0 aliphatic heterocycles. The zero-order chi connectivity index (χ0) is 15.4. The molecule has 0 spiro atoms. The number of amides is 1. The highest BCUT2D eigenvalue weighted by atomic mass is 79.9. The van der Waals surface area contributed by atoms with Crippen molar-refractivity contribution >= 4 is 43.5 Å². The highest BCUT2D eigenvalue weighted by Crippen LogP contribution is 2.29. The molecule has 3 nitrogen and oxygen atoms in total. The summed E-state index contributed by atoms with van der Waals surface area (Å²) < 4.78 is 7.42. The summed E-state index contributed by atoms with van der Waals surface area (Å²) in [4.78, 5) is 12.1. The van der Waals surface area contributed by atoms with Crippen molar-refractivity contribution in [3.8, 4) is 5.75 Å². The van der Waals surface area contributed by atoms with Crippen LogP contribution in [0.1, 0.15) is 12.5 Å². The Balaban J connectivity index is 2.00. The maximum atomic E-state index is 12.1. The fourth-order valence-corrected chi connectivity index (χ4v) is 2.84. The van der Waals surface area contributed by atoms with Crippen LogP contribution in [0.5, 0.6) is 5.75 Å². The fraction of sp³-hybridized carbons (Fsp3) is 0.188. The second-order valence-electron chi connectivity index (χ2n) is 4.69. The molecule has 1 atom stereocenters. The molecule has 0 unspecified atom stereocenters. The third-order valence-corrected chi connectivity index (χ3v) is 4.00. The summed E-state index contributed by atoms with van der Waals surface area (Å²) in [6, 6.07) is 13.2. The van der Waals surface area contributed by atoms with Gasteiger partial charge in [0.15, 0.2) is 6.10 Å². The van der Waals surface area contributed by atoms with Gasteiger partial charge in [0, 0.05) is 10.2 Å². The van der Waals surface area contributed by atoms with Crippen molar-refractivity contribution in [2.75, 3.05) is 5.32 Å². The van der Waals surface area contributed by atoms with Gasteiger partial charge >= 0.3 is 0 Å². The van der Waals surface area contributed by atoms with Crippen LogP contribution in [0.15, 0.2) is 51.4 Å². The van der Waals surface area contributed by atoms with Gasteiger partial charge in [-0.3, -0.25) is 4.79 Å². The molecule has 0 saturated carbocycles. The number of anilines is 1. The molecule has 2 aromatic carbocycles. The first-order chi connectivity index (χ1) is 9.95. The Morgan fingerprint density at radius 1 is 1.14 bits per heavy atom. The van der Waals surface area contributed by atoms with Crippen LogP contribution in [0.3, 0.4) is 0 Å². The molecule has 0 fully saturated rings. The lowest BCUT2D eigenvalue weighted by Gasteiger charge is -2.16. The first-order valence-corrected chi connectivity index (χ1v) is 8.03. The van der Waals surface area contributed by atoms with E-state index in [4.69, 9.17) is 4.74 Å². The van der Waals surface area contributed by atoms with Gasteiger partial charge in [0.25, 0.3) is 5.91 Å². The standard InChI is InChI=1S/C16H15Br2NO2/c1-10-3-6-13(7-4-10)19-16(20)11(2)21-15-8-5-12(17)9-14(15)18/h3-9,11H,1-2H3,(H,19,20)/t11-/m0/s1. The second kappa shape index (κ2) is 7.09. The minimum Gasteiger partial charge on any atom is -0.480 e. The maximum Gasteiger partial charge on any atom is 0.265 e. The molecule has 0 aliphatic rings. The summed E-state index contributed by atoms with van der Waals surface area (Å²) in [6.07, 6.45) is -0.594. The van der Waals surface area contributed by atoms with Crippen molar-refractivity contribution in [1.82, 2.24) is 0 Å². The van der Waals surface area contributed by atoms with Gasteiger partial charge in [0.2, 0.25) is 0 Å². The van der Waals surface area contributed by atoms with Gasteiger partial charge in [0.05, 0.1) is 4.47 Å². The van der Waals surface area contributed by atoms with E-state index >= 15 is 0 Å². The van der Waals surface area contributed by atoms with E-state index in [-0.39, 0.29) is 5.91 Å². The van der Waals surface area contributed by atoms with E-state index in [0.29, 0.717) is 5.75 Å². The van der Waals surface area contributed by atoms with Gasteiger partial charge < -0.3 is 10.1 Å². The number of aryl methyl sites for hydroxylation is 1. The smallest absolute Gasteiger partial charge is 0.265 e. The number of hydrogen-bond donors (Lipinski definition) is 1. The van der Waals surface area contributed by atoms with Crippen LogP contribution in [0.25, 0.3) is 0 Å². The molecular weight excluding hydrogens is 398 g/mol. The zero-order valence-corrected chi connectivity index (χ0v) is 14.9. The Morgan fingerprint density at radius 3 is 2.43 bits per heavy atom. The molecular formula is C16H15Br2NO2. The molecule has 21 heavy (non-hydrogen) atoms. The van der Waals surface area contributed by atoms with Gasteiger partial charge in [-0.1, -0.05) is 33.6 Å². The molecule has 0 radical (unpaired) electrons. The third-order valence-electron chi connectivity index (χ3n) is 2.89. The summed E-state index contributed by atoms with van der Waals surface area (Å²) in [5, 5.41) is 2.83. The average Bonchev–Trinajstić information content (AvgIpc) is 2.44. The lowest BCUT2D eigenvalue weighted by molar-refractivity contribution is -0.122. The monoisotopic (exact) mass is 411 g/mol. The predicted octanol–water partition coefficient (Wildman–Crippen LogP) is 4.93. The Morgan fingerprint density at radius 2 is 1.81 bits per heavy atom. The summed E-state index contributed by atoms with van der Waals surface area (Å²) in [6.45, 7) is 3.72. The van der Waals surface area contributed by atoms with Gasteiger partial charge in [-0.2, -0.15) is 0 Å². The number of carbonyl (C=O) groups is 1. The number of halogens is 2. The number of nitrogens with one attached hydrogen (secondary N) is 1. The number of hydrogen-bond acceptors (Lipinski definition) is 2. The quantitative estimate of drug-likeness (QED) is 0.773. The van der Waals surface area contributed by atoms with Crippen LogP contribution < -0.4 is 10.1 Å². The van der Waals surface area contributed by atoms with Crippen LogP contribution in [-0.2, 0) is 4.79 Å². The molecule has 110 valence electrons. The van der Waals surface area contributed by atoms with Crippen molar-refractivity contribution in [1.29, 1.82) is 0 Å². The Labute approximate surface area is 141 Å². The van der Waals surface area contributed by atoms with E-state index < -0.39 is 6.10 Å². The van der Waals surface area contributed by atoms with Crippen molar-refractivity contribution in [3.63, 3.8) is 0 Å². The first-order valence-electron chi connectivity index (χ1n) is 6.45. The molecule has 0 heterocycles. The number of benzene rings is 2. The minimum atomic E-state index is -0.594. The van der Waals surface area contributed by atoms with Crippen LogP contribution in [0.4, 0.5) is 5.69 Å². The molecule has 0 aromatic heterocycles. The van der Waals surface area contributed by atoms with E-state index in [2.05, 4.69) is 37.2 Å². The Bertz CT molecular complexity index is 641. The van der Waals surface area contributed by atoms with Crippen molar-refractivity contribution in [3.05, 3.63) is 57.0 Å². The predicted molar refractivity (Wildman–Crippen MR) is 91.7 cm³/mol. The summed E-state index contributed by atoms with van der Waals surface area (Å²) >= 11 is 6.79. The van der Waals surface area contributed by atoms with Gasteiger partial charge in [-0.05, 0) is 60.1 Å². The average molecular weight is 413 g/mol. The largest absolute Gasteiger partial charge is 0.480 e. The third kappa shape index (κ3) is 4.58. The Kier molecular flexibility index (Phi) is 5.42. The lowest BCUT2D eigenvalue weighted by Crippen LogP contribution is -2.30. The van der Waals surface area contributed by atoms with E-state index in [1.807, 2.05) is 49.4 Å². The molecule has 5 heteroatoms. The van der Waals surface area contributed by atoms with E-state index in [1.165, 1.54) is 0 Å². The lowest BCUT2D eigenvalue weighted by atomic mass is 10.2. The Hall–Kier alpha value is -1.33. The minimum absolute atomic E-state index is 0.186. The van der Waals surface area contributed by atoms with Crippen molar-refractivity contribution in [2.24, 2.45) is 0 Å². The van der Waals surface area contributed by atoms with Gasteiger partial charge in [-0.25, -0.2) is 0 Å². The summed E-state index contributed by atoms with van der Waals surface area (Å²) in [7, 11) is 0. The highest BCUT2D eigenvalue weighted by molar-refractivity contribution is 9.11. The number of rotatable bonds is 4. The molecule has 2 rings (SSSR count). The molecule has 0 aliphatic carbocycles. The van der Waals surface area contributed by atoms with Gasteiger partial charge in [-0.15, -0.1) is 0 Å². The summed E-state index contributed by atoms with van der Waals surface area (Å²) in [5.74, 6) is 0.443. The van der Waals surface area contributed by atoms with Crippen LogP contribution in [-0.4, -0.2) is 12.0 Å². The molecule has 0 saturated heterocycles. The second-order valence-corrected chi connectivity index (χ2v) is 6.46. The zero-order valence-electron chi connectivity index (χ0n) is 11.7. The molecule has 1 amide bonds. The molecule has 1 N–H and O–H groups in total. The number of carbonyl (C=O) groups excluding carboxylic acids is 1. The first kappa shape index (κ1) is 16.0. The normalized spacial score (nSPS) is 11.8. The number of ether oxygens (including phenoxy) is 1. The van der Waals surface area contributed by atoms with E-state index in [9.17, 15) is 4.79 Å². The fourth-order valence-electron chi connectivity index (χ4n) is 1.70. The van der Waals surface area contributed by atoms with Crippen LogP contribution in [0.2, 0.25) is 0 Å². The molecule has 0 bridgehead atoms. The SMILES string of the molecule is Cc1ccc(NC(=O)[C@H](C)Oc2ccc(Br)cc2Br)cc1. The summed E-state index contributed by atoms with van der Waals surface area (Å²) in [5.41, 5.74) is 1.91. The van der Waals surface area contributed by atoms with Crippen molar-refractivity contribution in [2.45, 2.75) is 20.0 Å². The van der Waals surface area contributed by atoms with Crippen LogP contribution in [0, 0.1) is 6.92 Å². The molecule has 2 aromatic rings. The van der Waals surface area contributed by atoms with E-state index in [0.717, 1.165) is 20.2 Å². The van der Waals surface area contributed by atoms with Crippen LogP contribution >= 0.6 is 31.9 Å². The van der Waals surface area contributed by atoms with E-state index in [1.54, 1.807) is 6.92 Å².